The van der Waals surface area contributed by atoms with Gasteiger partial charge in [-0.15, -0.1) is 0 Å². The molecule has 2 amide bonds. The van der Waals surface area contributed by atoms with Crippen LogP contribution in [0.2, 0.25) is 5.02 Å². The highest BCUT2D eigenvalue weighted by atomic mass is 35.5. The molecule has 1 unspecified atom stereocenters. The molecule has 2 rings (SSSR count). The largest absolute Gasteiger partial charge is 0.481 e. The van der Waals surface area contributed by atoms with E-state index in [9.17, 15) is 14.4 Å². The van der Waals surface area contributed by atoms with Crippen molar-refractivity contribution >= 4 is 35.1 Å². The number of amides is 2. The molecule has 0 saturated carbocycles. The first-order valence-corrected chi connectivity index (χ1v) is 8.78. The van der Waals surface area contributed by atoms with Gasteiger partial charge in [0.1, 0.15) is 0 Å². The first kappa shape index (κ1) is 19.2. The van der Waals surface area contributed by atoms with Gasteiger partial charge in [-0.25, -0.2) is 0 Å². The Morgan fingerprint density at radius 2 is 2.08 bits per heavy atom. The maximum absolute atomic E-state index is 12.8. The molecule has 1 aromatic rings. The van der Waals surface area contributed by atoms with Crippen molar-refractivity contribution in [3.05, 3.63) is 28.8 Å². The fourth-order valence-corrected chi connectivity index (χ4v) is 3.22. The molecule has 0 spiro atoms. The second kappa shape index (κ2) is 8.34. The first-order valence-electron chi connectivity index (χ1n) is 8.40. The van der Waals surface area contributed by atoms with Crippen LogP contribution in [0.1, 0.15) is 49.9 Å². The van der Waals surface area contributed by atoms with Crippen molar-refractivity contribution in [1.29, 1.82) is 0 Å². The van der Waals surface area contributed by atoms with Crippen molar-refractivity contribution in [2.24, 2.45) is 5.92 Å². The number of aliphatic carboxylic acids is 1. The number of nitrogens with one attached hydrogen (secondary N) is 1. The van der Waals surface area contributed by atoms with Crippen molar-refractivity contribution < 1.29 is 19.5 Å². The van der Waals surface area contributed by atoms with Crippen LogP contribution < -0.4 is 5.32 Å². The molecular weight excluding hydrogens is 344 g/mol. The van der Waals surface area contributed by atoms with Crippen LogP contribution >= 0.6 is 11.6 Å². The third-order valence-electron chi connectivity index (χ3n) is 4.12. The molecule has 1 aliphatic rings. The predicted molar refractivity (Wildman–Crippen MR) is 95.8 cm³/mol. The Kier molecular flexibility index (Phi) is 6.42. The van der Waals surface area contributed by atoms with Crippen molar-refractivity contribution in [2.75, 3.05) is 11.9 Å². The van der Waals surface area contributed by atoms with Gasteiger partial charge in [-0.2, -0.15) is 0 Å². The Labute approximate surface area is 152 Å². The van der Waals surface area contributed by atoms with Gasteiger partial charge in [-0.05, 0) is 37.0 Å². The number of rotatable bonds is 6. The standard InChI is InChI=1S/C18H23ClN2O4/c1-11(2)8-16(22)20-12-5-6-15(19)14(9-12)18(25)21-7-3-4-13(21)10-17(23)24/h5-6,9,11,13H,3-4,7-8,10H2,1-2H3,(H,20,22)(H,23,24). The second-order valence-corrected chi connectivity index (χ2v) is 7.14. The highest BCUT2D eigenvalue weighted by Crippen LogP contribution is 2.27. The summed E-state index contributed by atoms with van der Waals surface area (Å²) in [6, 6.07) is 4.46. The summed E-state index contributed by atoms with van der Waals surface area (Å²) in [4.78, 5) is 37.3. The number of carboxylic acids is 1. The van der Waals surface area contributed by atoms with E-state index in [-0.39, 0.29) is 40.8 Å². The van der Waals surface area contributed by atoms with Gasteiger partial charge in [-0.3, -0.25) is 14.4 Å². The number of carboxylic acid groups (broad SMARTS) is 1. The van der Waals surface area contributed by atoms with Crippen molar-refractivity contribution in [1.82, 2.24) is 4.90 Å². The van der Waals surface area contributed by atoms with Crippen LogP contribution in [0.15, 0.2) is 18.2 Å². The predicted octanol–water partition coefficient (Wildman–Crippen LogP) is 3.40. The van der Waals surface area contributed by atoms with Crippen molar-refractivity contribution in [3.63, 3.8) is 0 Å². The molecule has 7 heteroatoms. The molecule has 1 aromatic carbocycles. The van der Waals surface area contributed by atoms with E-state index in [1.54, 1.807) is 23.1 Å². The fraction of sp³-hybridized carbons (Fsp3) is 0.500. The monoisotopic (exact) mass is 366 g/mol. The molecular formula is C18H23ClN2O4. The van der Waals surface area contributed by atoms with E-state index in [1.807, 2.05) is 13.8 Å². The molecule has 25 heavy (non-hydrogen) atoms. The Morgan fingerprint density at radius 3 is 2.72 bits per heavy atom. The lowest BCUT2D eigenvalue weighted by Gasteiger charge is -2.24. The van der Waals surface area contributed by atoms with Crippen LogP contribution in [0.3, 0.4) is 0 Å². The minimum atomic E-state index is -0.925. The van der Waals surface area contributed by atoms with Crippen LogP contribution in [0.5, 0.6) is 0 Å². The zero-order valence-corrected chi connectivity index (χ0v) is 15.2. The van der Waals surface area contributed by atoms with Gasteiger partial charge in [0, 0.05) is 24.7 Å². The minimum Gasteiger partial charge on any atom is -0.481 e. The molecule has 0 aromatic heterocycles. The smallest absolute Gasteiger partial charge is 0.305 e. The normalized spacial score (nSPS) is 17.0. The maximum Gasteiger partial charge on any atom is 0.305 e. The van der Waals surface area contributed by atoms with Crippen LogP contribution in [-0.4, -0.2) is 40.4 Å². The minimum absolute atomic E-state index is 0.0752. The van der Waals surface area contributed by atoms with E-state index >= 15 is 0 Å². The highest BCUT2D eigenvalue weighted by molar-refractivity contribution is 6.34. The zero-order chi connectivity index (χ0) is 18.6. The number of halogens is 1. The molecule has 6 nitrogen and oxygen atoms in total. The van der Waals surface area contributed by atoms with Crippen molar-refractivity contribution in [2.45, 2.75) is 45.6 Å². The summed E-state index contributed by atoms with van der Waals surface area (Å²) in [5.41, 5.74) is 0.786. The van der Waals surface area contributed by atoms with Crippen LogP contribution in [0.4, 0.5) is 5.69 Å². The number of benzene rings is 1. The van der Waals surface area contributed by atoms with Gasteiger partial charge in [0.25, 0.3) is 5.91 Å². The molecule has 1 atom stereocenters. The summed E-state index contributed by atoms with van der Waals surface area (Å²) in [5.74, 6) is -1.12. The van der Waals surface area contributed by atoms with Gasteiger partial charge in [0.15, 0.2) is 0 Å². The summed E-state index contributed by atoms with van der Waals surface area (Å²) in [6.45, 7) is 4.41. The zero-order valence-electron chi connectivity index (χ0n) is 14.4. The lowest BCUT2D eigenvalue weighted by molar-refractivity contribution is -0.138. The van der Waals surface area contributed by atoms with Gasteiger partial charge >= 0.3 is 5.97 Å². The molecule has 0 radical (unpaired) electrons. The van der Waals surface area contributed by atoms with Gasteiger partial charge in [0.2, 0.25) is 5.91 Å². The van der Waals surface area contributed by atoms with E-state index in [1.165, 1.54) is 0 Å². The number of carbonyl (C=O) groups is 3. The molecule has 2 N–H and O–H groups in total. The summed E-state index contributed by atoms with van der Waals surface area (Å²) in [6.07, 6.45) is 1.75. The van der Waals surface area contributed by atoms with E-state index in [0.717, 1.165) is 6.42 Å². The molecule has 1 fully saturated rings. The van der Waals surface area contributed by atoms with E-state index in [0.29, 0.717) is 25.1 Å². The van der Waals surface area contributed by atoms with Gasteiger partial charge < -0.3 is 15.3 Å². The SMILES string of the molecule is CC(C)CC(=O)Nc1ccc(Cl)c(C(=O)N2CCCC2CC(=O)O)c1. The topological polar surface area (TPSA) is 86.7 Å². The average Bonchev–Trinajstić information content (AvgIpc) is 2.95. The molecule has 1 saturated heterocycles. The summed E-state index contributed by atoms with van der Waals surface area (Å²) < 4.78 is 0. The highest BCUT2D eigenvalue weighted by Gasteiger charge is 2.32. The lowest BCUT2D eigenvalue weighted by atomic mass is 10.1. The van der Waals surface area contributed by atoms with E-state index < -0.39 is 5.97 Å². The first-order chi connectivity index (χ1) is 11.8. The number of nitrogens with zero attached hydrogens (tertiary/aromatic N) is 1. The third-order valence-corrected chi connectivity index (χ3v) is 4.45. The number of hydrogen-bond acceptors (Lipinski definition) is 3. The molecule has 1 aliphatic heterocycles. The summed E-state index contributed by atoms with van der Waals surface area (Å²) >= 11 is 6.17. The molecule has 136 valence electrons. The quantitative estimate of drug-likeness (QED) is 0.807. The van der Waals surface area contributed by atoms with Crippen LogP contribution in [-0.2, 0) is 9.59 Å². The summed E-state index contributed by atoms with van der Waals surface area (Å²) in [5, 5.41) is 12.1. The molecule has 1 heterocycles. The van der Waals surface area contributed by atoms with E-state index in [4.69, 9.17) is 16.7 Å². The number of hydrogen-bond donors (Lipinski definition) is 2. The fourth-order valence-electron chi connectivity index (χ4n) is 3.02. The maximum atomic E-state index is 12.8. The number of anilines is 1. The number of carbonyl (C=O) groups excluding carboxylic acids is 2. The average molecular weight is 367 g/mol. The second-order valence-electron chi connectivity index (χ2n) is 6.73. The lowest BCUT2D eigenvalue weighted by Crippen LogP contribution is -2.37. The van der Waals surface area contributed by atoms with Gasteiger partial charge in [-0.1, -0.05) is 25.4 Å². The van der Waals surface area contributed by atoms with Crippen LogP contribution in [0.25, 0.3) is 0 Å². The Hall–Kier alpha value is -2.08. The molecule has 0 bridgehead atoms. The van der Waals surface area contributed by atoms with Crippen LogP contribution in [0, 0.1) is 5.92 Å². The van der Waals surface area contributed by atoms with Crippen molar-refractivity contribution in [3.8, 4) is 0 Å². The Bertz CT molecular complexity index is 675. The van der Waals surface area contributed by atoms with Gasteiger partial charge in [0.05, 0.1) is 17.0 Å². The Morgan fingerprint density at radius 1 is 1.36 bits per heavy atom. The summed E-state index contributed by atoms with van der Waals surface area (Å²) in [7, 11) is 0. The third kappa shape index (κ3) is 5.19. The Balaban J connectivity index is 2.17. The number of likely N-dealkylation sites (tertiary alicyclic amines) is 1. The molecule has 0 aliphatic carbocycles. The van der Waals surface area contributed by atoms with E-state index in [2.05, 4.69) is 5.32 Å².